The van der Waals surface area contributed by atoms with E-state index in [0.29, 0.717) is 16.3 Å². The molecule has 8 heteroatoms. The zero-order valence-corrected chi connectivity index (χ0v) is 14.7. The smallest absolute Gasteiger partial charge is 0.137 e. The quantitative estimate of drug-likeness (QED) is 0.622. The van der Waals surface area contributed by atoms with Crippen molar-refractivity contribution in [1.29, 1.82) is 0 Å². The highest BCUT2D eigenvalue weighted by atomic mass is 35.5. The van der Waals surface area contributed by atoms with Gasteiger partial charge >= 0.3 is 0 Å². The van der Waals surface area contributed by atoms with Crippen LogP contribution in [0.5, 0.6) is 5.75 Å². The number of nitrogens with zero attached hydrogens (tertiary/aromatic N) is 3. The van der Waals surface area contributed by atoms with Crippen molar-refractivity contribution in [1.82, 2.24) is 15.0 Å². The van der Waals surface area contributed by atoms with Crippen LogP contribution < -0.4 is 10.1 Å². The first-order valence-electron chi connectivity index (χ1n) is 7.76. The van der Waals surface area contributed by atoms with Gasteiger partial charge in [-0.3, -0.25) is 0 Å². The molecule has 25 heavy (non-hydrogen) atoms. The third kappa shape index (κ3) is 3.68. The number of aliphatic hydroxyl groups excluding tert-OH is 2. The number of halogens is 1. The number of aromatic nitrogens is 3. The lowest BCUT2D eigenvalue weighted by Gasteiger charge is -2.12. The summed E-state index contributed by atoms with van der Waals surface area (Å²) in [6, 6.07) is 9.11. The van der Waals surface area contributed by atoms with Crippen molar-refractivity contribution in [3.63, 3.8) is 0 Å². The topological polar surface area (TPSA) is 92.4 Å². The van der Waals surface area contributed by atoms with Crippen LogP contribution in [0.4, 0.5) is 5.69 Å². The molecule has 0 aliphatic rings. The predicted molar refractivity (Wildman–Crippen MR) is 96.7 cm³/mol. The van der Waals surface area contributed by atoms with Gasteiger partial charge in [-0.25, -0.2) is 0 Å². The largest absolute Gasteiger partial charge is 0.495 e. The molecule has 0 spiro atoms. The molecule has 0 bridgehead atoms. The van der Waals surface area contributed by atoms with Crippen LogP contribution in [0.3, 0.4) is 0 Å². The number of aryl methyl sites for hydroxylation is 1. The van der Waals surface area contributed by atoms with Gasteiger partial charge in [0.1, 0.15) is 16.8 Å². The van der Waals surface area contributed by atoms with Gasteiger partial charge in [0.05, 0.1) is 30.5 Å². The summed E-state index contributed by atoms with van der Waals surface area (Å²) < 4.78 is 5.15. The lowest BCUT2D eigenvalue weighted by Crippen LogP contribution is -2.23. The van der Waals surface area contributed by atoms with Gasteiger partial charge in [-0.15, -0.1) is 10.2 Å². The third-order valence-corrected chi connectivity index (χ3v) is 4.13. The van der Waals surface area contributed by atoms with Crippen molar-refractivity contribution in [2.45, 2.75) is 13.0 Å². The third-order valence-electron chi connectivity index (χ3n) is 3.83. The lowest BCUT2D eigenvalue weighted by atomic mass is 10.1. The first-order valence-corrected chi connectivity index (χ1v) is 8.14. The molecule has 0 amide bonds. The highest BCUT2D eigenvalue weighted by Gasteiger charge is 2.11. The number of anilines is 1. The Morgan fingerprint density at radius 2 is 1.96 bits per heavy atom. The Morgan fingerprint density at radius 1 is 1.24 bits per heavy atom. The monoisotopic (exact) mass is 362 g/mol. The maximum atomic E-state index is 9.48. The summed E-state index contributed by atoms with van der Waals surface area (Å²) in [7, 11) is 1.56. The highest BCUT2D eigenvalue weighted by Crippen LogP contribution is 2.27. The molecular weight excluding hydrogens is 344 g/mol. The van der Waals surface area contributed by atoms with Gasteiger partial charge in [-0.2, -0.15) is 4.80 Å². The fraction of sp³-hybridized carbons (Fsp3) is 0.294. The summed E-state index contributed by atoms with van der Waals surface area (Å²) in [5, 5.41) is 30.9. The van der Waals surface area contributed by atoms with E-state index in [9.17, 15) is 5.11 Å². The summed E-state index contributed by atoms with van der Waals surface area (Å²) in [6.07, 6.45) is -0.813. The number of benzene rings is 2. The highest BCUT2D eigenvalue weighted by molar-refractivity contribution is 6.32. The van der Waals surface area contributed by atoms with Crippen LogP contribution in [0.15, 0.2) is 30.3 Å². The maximum absolute atomic E-state index is 9.48. The first-order chi connectivity index (χ1) is 12.0. The minimum atomic E-state index is -0.813. The van der Waals surface area contributed by atoms with E-state index in [-0.39, 0.29) is 13.2 Å². The van der Waals surface area contributed by atoms with Crippen molar-refractivity contribution in [2.24, 2.45) is 0 Å². The minimum absolute atomic E-state index is 0.255. The average molecular weight is 363 g/mol. The molecule has 0 aliphatic heterocycles. The molecule has 7 nitrogen and oxygen atoms in total. The van der Waals surface area contributed by atoms with Gasteiger partial charge in [0.25, 0.3) is 0 Å². The average Bonchev–Trinajstić information content (AvgIpc) is 3.01. The van der Waals surface area contributed by atoms with Crippen LogP contribution in [-0.2, 0) is 0 Å². The fourth-order valence-electron chi connectivity index (χ4n) is 2.45. The van der Waals surface area contributed by atoms with Crippen LogP contribution in [0.25, 0.3) is 16.7 Å². The SMILES string of the molecule is COc1ccc(-n2nc3cc(C)c(NCC(O)CO)cc3n2)cc1Cl. The molecule has 1 aromatic heterocycles. The van der Waals surface area contributed by atoms with E-state index in [1.54, 1.807) is 19.2 Å². The number of fused-ring (bicyclic) bond motifs is 1. The molecule has 1 heterocycles. The molecule has 2 aromatic carbocycles. The molecule has 3 N–H and O–H groups in total. The van der Waals surface area contributed by atoms with E-state index < -0.39 is 6.10 Å². The second kappa shape index (κ2) is 7.26. The number of hydrogen-bond acceptors (Lipinski definition) is 6. The molecule has 0 radical (unpaired) electrons. The maximum Gasteiger partial charge on any atom is 0.137 e. The molecule has 1 unspecified atom stereocenters. The molecule has 0 saturated heterocycles. The van der Waals surface area contributed by atoms with E-state index >= 15 is 0 Å². The van der Waals surface area contributed by atoms with Gasteiger partial charge in [-0.1, -0.05) is 11.6 Å². The van der Waals surface area contributed by atoms with Gasteiger partial charge in [-0.05, 0) is 42.8 Å². The Hall–Kier alpha value is -2.35. The zero-order chi connectivity index (χ0) is 18.0. The molecule has 0 aliphatic carbocycles. The molecule has 3 aromatic rings. The van der Waals surface area contributed by atoms with E-state index in [1.165, 1.54) is 4.80 Å². The van der Waals surface area contributed by atoms with E-state index in [1.807, 2.05) is 25.1 Å². The lowest BCUT2D eigenvalue weighted by molar-refractivity contribution is 0.105. The standard InChI is InChI=1S/C17H19ClN4O3/c1-10-5-15-16(7-14(10)19-8-12(24)9-23)21-22(20-15)11-3-4-17(25-2)13(18)6-11/h3-7,12,19,23-24H,8-9H2,1-2H3. The van der Waals surface area contributed by atoms with Gasteiger partial charge in [0, 0.05) is 12.2 Å². The number of ether oxygens (including phenoxy) is 1. The predicted octanol–water partition coefficient (Wildman–Crippen LogP) is 2.16. The summed E-state index contributed by atoms with van der Waals surface area (Å²) >= 11 is 6.17. The number of nitrogens with one attached hydrogen (secondary N) is 1. The summed E-state index contributed by atoms with van der Waals surface area (Å²) in [6.45, 7) is 1.91. The zero-order valence-electron chi connectivity index (χ0n) is 13.9. The molecule has 0 saturated carbocycles. The number of hydrogen-bond donors (Lipinski definition) is 3. The Balaban J connectivity index is 1.93. The Morgan fingerprint density at radius 3 is 2.60 bits per heavy atom. The van der Waals surface area contributed by atoms with Crippen molar-refractivity contribution in [3.8, 4) is 11.4 Å². The fourth-order valence-corrected chi connectivity index (χ4v) is 2.70. The summed E-state index contributed by atoms with van der Waals surface area (Å²) in [5.41, 5.74) is 3.98. The van der Waals surface area contributed by atoms with Crippen molar-refractivity contribution < 1.29 is 14.9 Å². The van der Waals surface area contributed by atoms with Crippen molar-refractivity contribution >= 4 is 28.3 Å². The minimum Gasteiger partial charge on any atom is -0.495 e. The first kappa shape index (κ1) is 17.5. The normalized spacial score (nSPS) is 12.4. The van der Waals surface area contributed by atoms with Crippen LogP contribution in [-0.4, -0.2) is 51.6 Å². The van der Waals surface area contributed by atoms with Gasteiger partial charge < -0.3 is 20.3 Å². The second-order valence-electron chi connectivity index (χ2n) is 5.68. The van der Waals surface area contributed by atoms with Crippen LogP contribution in [0, 0.1) is 6.92 Å². The second-order valence-corrected chi connectivity index (χ2v) is 6.09. The van der Waals surface area contributed by atoms with Crippen LogP contribution >= 0.6 is 11.6 Å². The Bertz CT molecular complexity index is 897. The summed E-state index contributed by atoms with van der Waals surface area (Å²) in [4.78, 5) is 1.52. The molecule has 0 fully saturated rings. The molecule has 132 valence electrons. The number of aliphatic hydroxyl groups is 2. The van der Waals surface area contributed by atoms with E-state index in [2.05, 4.69) is 15.5 Å². The van der Waals surface area contributed by atoms with Gasteiger partial charge in [0.15, 0.2) is 0 Å². The Kier molecular flexibility index (Phi) is 5.08. The van der Waals surface area contributed by atoms with Gasteiger partial charge in [0.2, 0.25) is 0 Å². The molecule has 3 rings (SSSR count). The summed E-state index contributed by atoms with van der Waals surface area (Å²) in [5.74, 6) is 0.590. The number of methoxy groups -OCH3 is 1. The van der Waals surface area contributed by atoms with Crippen molar-refractivity contribution in [3.05, 3.63) is 40.9 Å². The van der Waals surface area contributed by atoms with Crippen molar-refractivity contribution in [2.75, 3.05) is 25.6 Å². The Labute approximate surface area is 149 Å². The van der Waals surface area contributed by atoms with E-state index in [4.69, 9.17) is 21.4 Å². The molecule has 1 atom stereocenters. The number of rotatable bonds is 6. The van der Waals surface area contributed by atoms with E-state index in [0.717, 1.165) is 22.5 Å². The molecular formula is C17H19ClN4O3. The van der Waals surface area contributed by atoms with Crippen LogP contribution in [0.1, 0.15) is 5.56 Å². The van der Waals surface area contributed by atoms with Crippen LogP contribution in [0.2, 0.25) is 5.02 Å².